The summed E-state index contributed by atoms with van der Waals surface area (Å²) in [6.07, 6.45) is 1.18. The second-order valence-corrected chi connectivity index (χ2v) is 8.21. The molecule has 182 valence electrons. The predicted octanol–water partition coefficient (Wildman–Crippen LogP) is 4.71. The number of rotatable bonds is 5. The number of anilines is 2. The summed E-state index contributed by atoms with van der Waals surface area (Å²) in [5.41, 5.74) is 13.7. The fourth-order valence-corrected chi connectivity index (χ4v) is 4.06. The fourth-order valence-electron chi connectivity index (χ4n) is 3.88. The Balaban J connectivity index is 1.65. The van der Waals surface area contributed by atoms with Gasteiger partial charge in [0.25, 0.3) is 5.95 Å². The maximum atomic E-state index is 14.4. The van der Waals surface area contributed by atoms with Crippen LogP contribution in [0.1, 0.15) is 11.3 Å². The van der Waals surface area contributed by atoms with Crippen LogP contribution >= 0.6 is 11.6 Å². The van der Waals surface area contributed by atoms with E-state index < -0.39 is 23.0 Å². The molecule has 5 aromatic rings. The van der Waals surface area contributed by atoms with Crippen LogP contribution in [0.2, 0.25) is 5.02 Å². The molecule has 0 unspecified atom stereocenters. The minimum atomic E-state index is -1.29. The number of ether oxygens (including phenoxy) is 1. The standard InChI is InChI=1S/C24H17ClF3N7O/c1-36-19-8-11(6-7-31-19)20-22(29)32-24(33-23(20)30)35-18-5-2-12(25)9-14(18)17(34-35)10-13-15(26)3-4-16(27)21(13)28/h2-9H,10H2,1H3,(H4,29,30,32,33). The molecule has 4 N–H and O–H groups in total. The first kappa shape index (κ1) is 23.4. The van der Waals surface area contributed by atoms with Gasteiger partial charge in [0, 0.05) is 34.7 Å². The lowest BCUT2D eigenvalue weighted by molar-refractivity contribution is 0.398. The van der Waals surface area contributed by atoms with E-state index in [2.05, 4.69) is 20.1 Å². The van der Waals surface area contributed by atoms with Gasteiger partial charge in [0.05, 0.1) is 23.9 Å². The number of aromatic nitrogens is 5. The number of nitrogens with two attached hydrogens (primary N) is 2. The van der Waals surface area contributed by atoms with E-state index in [1.54, 1.807) is 30.3 Å². The lowest BCUT2D eigenvalue weighted by Gasteiger charge is -2.11. The van der Waals surface area contributed by atoms with E-state index in [4.69, 9.17) is 27.8 Å². The number of halogens is 4. The summed E-state index contributed by atoms with van der Waals surface area (Å²) in [7, 11) is 1.48. The molecule has 0 saturated carbocycles. The zero-order valence-electron chi connectivity index (χ0n) is 18.6. The van der Waals surface area contributed by atoms with Crippen molar-refractivity contribution in [2.75, 3.05) is 18.6 Å². The van der Waals surface area contributed by atoms with Gasteiger partial charge in [-0.25, -0.2) is 18.2 Å². The number of pyridine rings is 1. The van der Waals surface area contributed by atoms with Crippen LogP contribution in [-0.2, 0) is 6.42 Å². The van der Waals surface area contributed by atoms with Crippen LogP contribution < -0.4 is 16.2 Å². The fraction of sp³-hybridized carbons (Fsp3) is 0.0833. The number of methoxy groups -OCH3 is 1. The molecule has 0 fully saturated rings. The molecule has 0 saturated heterocycles. The van der Waals surface area contributed by atoms with Gasteiger partial charge in [0.2, 0.25) is 5.88 Å². The maximum absolute atomic E-state index is 14.4. The maximum Gasteiger partial charge on any atom is 0.255 e. The van der Waals surface area contributed by atoms with Gasteiger partial charge in [-0.2, -0.15) is 19.7 Å². The molecule has 0 bridgehead atoms. The number of hydrogen-bond acceptors (Lipinski definition) is 7. The van der Waals surface area contributed by atoms with E-state index in [0.29, 0.717) is 32.9 Å². The molecule has 0 radical (unpaired) electrons. The second kappa shape index (κ2) is 9.00. The van der Waals surface area contributed by atoms with Crippen molar-refractivity contribution in [2.24, 2.45) is 0 Å². The van der Waals surface area contributed by atoms with Crippen LogP contribution in [0.15, 0.2) is 48.7 Å². The minimum Gasteiger partial charge on any atom is -0.481 e. The number of fused-ring (bicyclic) bond motifs is 1. The molecule has 36 heavy (non-hydrogen) atoms. The number of nitrogen functional groups attached to an aromatic ring is 2. The van der Waals surface area contributed by atoms with Gasteiger partial charge in [0.1, 0.15) is 17.5 Å². The highest BCUT2D eigenvalue weighted by Gasteiger charge is 2.21. The van der Waals surface area contributed by atoms with E-state index in [1.807, 2.05) is 0 Å². The molecule has 3 aromatic heterocycles. The molecule has 12 heteroatoms. The second-order valence-electron chi connectivity index (χ2n) is 7.77. The first-order valence-corrected chi connectivity index (χ1v) is 10.9. The number of hydrogen-bond donors (Lipinski definition) is 2. The summed E-state index contributed by atoms with van der Waals surface area (Å²) in [6.45, 7) is 0. The Kier molecular flexibility index (Phi) is 5.84. The van der Waals surface area contributed by atoms with Crippen molar-refractivity contribution in [2.45, 2.75) is 6.42 Å². The largest absolute Gasteiger partial charge is 0.481 e. The number of nitrogens with zero attached hydrogens (tertiary/aromatic N) is 5. The van der Waals surface area contributed by atoms with Crippen molar-refractivity contribution in [3.8, 4) is 23.0 Å². The molecule has 0 aliphatic heterocycles. The third-order valence-electron chi connectivity index (χ3n) is 5.58. The zero-order chi connectivity index (χ0) is 25.6. The van der Waals surface area contributed by atoms with Gasteiger partial charge in [0.15, 0.2) is 11.6 Å². The number of benzene rings is 2. The molecule has 0 aliphatic rings. The Morgan fingerprint density at radius 2 is 1.69 bits per heavy atom. The third-order valence-corrected chi connectivity index (χ3v) is 5.81. The molecule has 0 spiro atoms. The van der Waals surface area contributed by atoms with Gasteiger partial charge < -0.3 is 16.2 Å². The Labute approximate surface area is 207 Å². The summed E-state index contributed by atoms with van der Waals surface area (Å²) in [5, 5.41) is 5.29. The van der Waals surface area contributed by atoms with Crippen LogP contribution in [0.5, 0.6) is 5.88 Å². The molecule has 0 aliphatic carbocycles. The van der Waals surface area contributed by atoms with Gasteiger partial charge in [-0.3, -0.25) is 0 Å². The Morgan fingerprint density at radius 1 is 0.972 bits per heavy atom. The van der Waals surface area contributed by atoms with Crippen LogP contribution in [0.3, 0.4) is 0 Å². The van der Waals surface area contributed by atoms with Crippen LogP contribution in [-0.4, -0.2) is 31.8 Å². The van der Waals surface area contributed by atoms with Crippen LogP contribution in [0.4, 0.5) is 24.8 Å². The van der Waals surface area contributed by atoms with E-state index in [1.165, 1.54) is 18.0 Å². The summed E-state index contributed by atoms with van der Waals surface area (Å²) in [4.78, 5) is 12.8. The van der Waals surface area contributed by atoms with Gasteiger partial charge >= 0.3 is 0 Å². The van der Waals surface area contributed by atoms with Crippen molar-refractivity contribution in [1.29, 1.82) is 0 Å². The first-order valence-electron chi connectivity index (χ1n) is 10.5. The van der Waals surface area contributed by atoms with Crippen molar-refractivity contribution in [3.63, 3.8) is 0 Å². The summed E-state index contributed by atoms with van der Waals surface area (Å²) in [5.74, 6) is -2.86. The monoisotopic (exact) mass is 511 g/mol. The average molecular weight is 512 g/mol. The quantitative estimate of drug-likeness (QED) is 0.328. The topological polar surface area (TPSA) is 118 Å². The average Bonchev–Trinajstić information content (AvgIpc) is 3.21. The first-order chi connectivity index (χ1) is 17.3. The predicted molar refractivity (Wildman–Crippen MR) is 129 cm³/mol. The lowest BCUT2D eigenvalue weighted by Crippen LogP contribution is -2.10. The Bertz CT molecular complexity index is 1620. The molecule has 0 atom stereocenters. The molecule has 0 amide bonds. The van der Waals surface area contributed by atoms with Gasteiger partial charge in [-0.1, -0.05) is 11.6 Å². The van der Waals surface area contributed by atoms with Crippen molar-refractivity contribution < 1.29 is 17.9 Å². The van der Waals surface area contributed by atoms with Crippen LogP contribution in [0, 0.1) is 17.5 Å². The molecule has 2 aromatic carbocycles. The smallest absolute Gasteiger partial charge is 0.255 e. The molecule has 3 heterocycles. The normalized spacial score (nSPS) is 11.2. The molecular weight excluding hydrogens is 495 g/mol. The van der Waals surface area contributed by atoms with Gasteiger partial charge in [-0.05, 0) is 42.0 Å². The minimum absolute atomic E-state index is 0.0218. The highest BCUT2D eigenvalue weighted by atomic mass is 35.5. The third kappa shape index (κ3) is 4.03. The summed E-state index contributed by atoms with van der Waals surface area (Å²) >= 11 is 6.17. The van der Waals surface area contributed by atoms with E-state index in [-0.39, 0.29) is 29.7 Å². The molecule has 8 nitrogen and oxygen atoms in total. The Morgan fingerprint density at radius 3 is 2.42 bits per heavy atom. The molecular formula is C24H17ClF3N7O. The summed E-state index contributed by atoms with van der Waals surface area (Å²) in [6, 6.07) is 9.73. The zero-order valence-corrected chi connectivity index (χ0v) is 19.4. The van der Waals surface area contributed by atoms with Gasteiger partial charge in [-0.15, -0.1) is 0 Å². The Hall–Kier alpha value is -4.38. The SMILES string of the molecule is COc1cc(-c2c(N)nc(-n3nc(Cc4c(F)ccc(F)c4F)c4cc(Cl)ccc43)nc2N)ccn1. The van der Waals surface area contributed by atoms with Crippen molar-refractivity contribution >= 4 is 34.1 Å². The van der Waals surface area contributed by atoms with E-state index in [0.717, 1.165) is 12.1 Å². The van der Waals surface area contributed by atoms with Crippen LogP contribution in [0.25, 0.3) is 28.0 Å². The lowest BCUT2D eigenvalue weighted by atomic mass is 10.1. The molecule has 5 rings (SSSR count). The highest BCUT2D eigenvalue weighted by molar-refractivity contribution is 6.31. The highest BCUT2D eigenvalue weighted by Crippen LogP contribution is 2.33. The van der Waals surface area contributed by atoms with Crippen molar-refractivity contribution in [3.05, 3.63) is 82.4 Å². The van der Waals surface area contributed by atoms with E-state index in [9.17, 15) is 13.2 Å². The van der Waals surface area contributed by atoms with Crippen molar-refractivity contribution in [1.82, 2.24) is 24.7 Å². The van der Waals surface area contributed by atoms with E-state index >= 15 is 0 Å². The summed E-state index contributed by atoms with van der Waals surface area (Å²) < 4.78 is 49.0.